The number of para-hydroxylation sites is 3. The van der Waals surface area contributed by atoms with Crippen molar-refractivity contribution in [2.45, 2.75) is 0 Å². The van der Waals surface area contributed by atoms with Crippen LogP contribution in [0.4, 0.5) is 34.1 Å². The third-order valence-electron chi connectivity index (χ3n) is 12.0. The van der Waals surface area contributed by atoms with Crippen molar-refractivity contribution in [3.63, 3.8) is 0 Å². The lowest BCUT2D eigenvalue weighted by Gasteiger charge is -2.29. The average Bonchev–Trinajstić information content (AvgIpc) is 3.29. The third kappa shape index (κ3) is 5.12. The molecule has 0 radical (unpaired) electrons. The van der Waals surface area contributed by atoms with Gasteiger partial charge >= 0.3 is 0 Å². The average molecular weight is 737 g/mol. The highest BCUT2D eigenvalue weighted by Gasteiger charge is 2.21. The number of hydrogen-bond donors (Lipinski definition) is 0. The van der Waals surface area contributed by atoms with Gasteiger partial charge in [0.2, 0.25) is 0 Å². The van der Waals surface area contributed by atoms with Gasteiger partial charge in [0.25, 0.3) is 0 Å². The van der Waals surface area contributed by atoms with Crippen molar-refractivity contribution in [2.75, 3.05) is 9.80 Å². The van der Waals surface area contributed by atoms with Crippen LogP contribution in [0.1, 0.15) is 0 Å². The molecule has 12 rings (SSSR count). The summed E-state index contributed by atoms with van der Waals surface area (Å²) in [5, 5.41) is 15.4. The van der Waals surface area contributed by atoms with Crippen molar-refractivity contribution < 1.29 is 0 Å². The Morgan fingerprint density at radius 3 is 1.07 bits per heavy atom. The molecule has 0 bridgehead atoms. The predicted octanol–water partition coefficient (Wildman–Crippen LogP) is 16.1. The maximum Gasteiger partial charge on any atom is 0.0540 e. The number of anilines is 6. The maximum absolute atomic E-state index is 2.41. The van der Waals surface area contributed by atoms with Crippen molar-refractivity contribution in [1.82, 2.24) is 0 Å². The minimum absolute atomic E-state index is 1.10. The molecule has 0 aromatic heterocycles. The van der Waals surface area contributed by atoms with E-state index in [0.29, 0.717) is 0 Å². The summed E-state index contributed by atoms with van der Waals surface area (Å²) in [5.41, 5.74) is 9.05. The fourth-order valence-corrected chi connectivity index (χ4v) is 9.46. The van der Waals surface area contributed by atoms with Gasteiger partial charge in [-0.25, -0.2) is 0 Å². The zero-order valence-electron chi connectivity index (χ0n) is 31.7. The summed E-state index contributed by atoms with van der Waals surface area (Å²) in [6.45, 7) is 0. The summed E-state index contributed by atoms with van der Waals surface area (Å²) in [6.07, 6.45) is 0. The molecule has 2 heteroatoms. The lowest BCUT2D eigenvalue weighted by Crippen LogP contribution is -2.11. The van der Waals surface area contributed by atoms with Gasteiger partial charge in [0.15, 0.2) is 0 Å². The second-order valence-corrected chi connectivity index (χ2v) is 15.4. The monoisotopic (exact) mass is 736 g/mol. The van der Waals surface area contributed by atoms with Crippen molar-refractivity contribution in [3.05, 3.63) is 218 Å². The SMILES string of the molecule is c1ccc(N(c2ccc(-c3ccccc3N(c3ccccc3)c3cc4ccc5cccc6ccc(c3)c4c56)cc2)c2cc3ccc4cccc5ccc(c2)c3c45)cc1. The van der Waals surface area contributed by atoms with Crippen LogP contribution >= 0.6 is 0 Å². The minimum Gasteiger partial charge on any atom is -0.310 e. The van der Waals surface area contributed by atoms with E-state index in [1.54, 1.807) is 0 Å². The highest BCUT2D eigenvalue weighted by atomic mass is 15.1. The second-order valence-electron chi connectivity index (χ2n) is 15.4. The van der Waals surface area contributed by atoms with Crippen molar-refractivity contribution >= 4 is 98.8 Å². The summed E-state index contributed by atoms with van der Waals surface area (Å²) >= 11 is 0. The van der Waals surface area contributed by atoms with Crippen LogP contribution in [0.2, 0.25) is 0 Å². The Bertz CT molecular complexity index is 3320. The Morgan fingerprint density at radius 2 is 0.586 bits per heavy atom. The van der Waals surface area contributed by atoms with Crippen LogP contribution in [0.25, 0.3) is 75.8 Å². The number of hydrogen-bond acceptors (Lipinski definition) is 2. The van der Waals surface area contributed by atoms with E-state index in [-0.39, 0.29) is 0 Å². The first-order valence-electron chi connectivity index (χ1n) is 20.0. The number of nitrogens with zero attached hydrogens (tertiary/aromatic N) is 2. The van der Waals surface area contributed by atoms with Crippen molar-refractivity contribution in [3.8, 4) is 11.1 Å². The van der Waals surface area contributed by atoms with Crippen LogP contribution in [0.15, 0.2) is 218 Å². The molecule has 12 aromatic rings. The minimum atomic E-state index is 1.10. The van der Waals surface area contributed by atoms with E-state index in [2.05, 4.69) is 228 Å². The molecule has 0 heterocycles. The zero-order valence-corrected chi connectivity index (χ0v) is 31.7. The Morgan fingerprint density at radius 1 is 0.224 bits per heavy atom. The Labute approximate surface area is 336 Å². The second kappa shape index (κ2) is 12.9. The molecule has 0 aliphatic carbocycles. The molecule has 0 fully saturated rings. The van der Waals surface area contributed by atoms with E-state index >= 15 is 0 Å². The fourth-order valence-electron chi connectivity index (χ4n) is 9.46. The largest absolute Gasteiger partial charge is 0.310 e. The molecule has 0 aliphatic heterocycles. The topological polar surface area (TPSA) is 6.48 Å². The molecule has 0 N–H and O–H groups in total. The van der Waals surface area contributed by atoms with Gasteiger partial charge in [0, 0.05) is 34.0 Å². The Hall–Kier alpha value is -7.68. The summed E-state index contributed by atoms with van der Waals surface area (Å²) in [7, 11) is 0. The molecular formula is C56H36N2. The number of rotatable bonds is 7. The molecule has 0 saturated heterocycles. The lowest BCUT2D eigenvalue weighted by molar-refractivity contribution is 1.28. The van der Waals surface area contributed by atoms with E-state index < -0.39 is 0 Å². The number of benzene rings is 12. The fraction of sp³-hybridized carbons (Fsp3) is 0. The van der Waals surface area contributed by atoms with Gasteiger partial charge < -0.3 is 9.80 Å². The standard InChI is InChI=1S/C56H36N2/c1-3-15-46(16-4-1)57(49-33-42-25-21-38-11-9-12-39-22-26-43(34-49)55(42)53(38)39)48-31-29-37(30-32-48)51-19-7-8-20-52(51)58(47-17-5-2-6-18-47)50-35-44-27-23-40-13-10-14-41-24-28-45(36-50)56(44)54(40)41/h1-36H. The molecule has 270 valence electrons. The molecule has 0 amide bonds. The van der Waals surface area contributed by atoms with Gasteiger partial charge in [-0.1, -0.05) is 152 Å². The van der Waals surface area contributed by atoms with Gasteiger partial charge in [-0.3, -0.25) is 0 Å². The van der Waals surface area contributed by atoms with Crippen LogP contribution < -0.4 is 9.80 Å². The first-order chi connectivity index (χ1) is 28.7. The molecular weight excluding hydrogens is 701 g/mol. The van der Waals surface area contributed by atoms with Gasteiger partial charge in [-0.05, 0) is 137 Å². The van der Waals surface area contributed by atoms with Crippen LogP contribution in [-0.2, 0) is 0 Å². The molecule has 0 saturated carbocycles. The van der Waals surface area contributed by atoms with Crippen molar-refractivity contribution in [1.29, 1.82) is 0 Å². The Kier molecular flexibility index (Phi) is 7.26. The molecule has 0 spiro atoms. The summed E-state index contributed by atoms with van der Waals surface area (Å²) in [5.74, 6) is 0. The molecule has 58 heavy (non-hydrogen) atoms. The maximum atomic E-state index is 2.41. The highest BCUT2D eigenvalue weighted by molar-refractivity contribution is 6.25. The molecule has 0 unspecified atom stereocenters. The molecule has 0 atom stereocenters. The van der Waals surface area contributed by atoms with Crippen LogP contribution in [-0.4, -0.2) is 0 Å². The van der Waals surface area contributed by atoms with Gasteiger partial charge in [0.05, 0.1) is 5.69 Å². The van der Waals surface area contributed by atoms with Gasteiger partial charge in [0.1, 0.15) is 0 Å². The Balaban J connectivity index is 0.991. The van der Waals surface area contributed by atoms with Crippen molar-refractivity contribution in [2.24, 2.45) is 0 Å². The first kappa shape index (κ1) is 32.6. The summed E-state index contributed by atoms with van der Waals surface area (Å²) < 4.78 is 0. The molecule has 0 aliphatic rings. The van der Waals surface area contributed by atoms with Gasteiger partial charge in [-0.2, -0.15) is 0 Å². The molecule has 2 nitrogen and oxygen atoms in total. The van der Waals surface area contributed by atoms with E-state index in [0.717, 1.165) is 45.3 Å². The van der Waals surface area contributed by atoms with Gasteiger partial charge in [-0.15, -0.1) is 0 Å². The van der Waals surface area contributed by atoms with Crippen LogP contribution in [0.5, 0.6) is 0 Å². The lowest BCUT2D eigenvalue weighted by atomic mass is 9.93. The summed E-state index contributed by atoms with van der Waals surface area (Å²) in [4.78, 5) is 4.79. The van der Waals surface area contributed by atoms with Crippen LogP contribution in [0.3, 0.4) is 0 Å². The van der Waals surface area contributed by atoms with E-state index in [4.69, 9.17) is 0 Å². The zero-order chi connectivity index (χ0) is 38.2. The van der Waals surface area contributed by atoms with Crippen LogP contribution in [0, 0.1) is 0 Å². The smallest absolute Gasteiger partial charge is 0.0540 e. The quantitative estimate of drug-likeness (QED) is 0.150. The predicted molar refractivity (Wildman–Crippen MR) is 249 cm³/mol. The first-order valence-corrected chi connectivity index (χ1v) is 20.0. The normalized spacial score (nSPS) is 11.8. The third-order valence-corrected chi connectivity index (χ3v) is 12.0. The highest BCUT2D eigenvalue weighted by Crippen LogP contribution is 2.46. The van der Waals surface area contributed by atoms with E-state index in [9.17, 15) is 0 Å². The summed E-state index contributed by atoms with van der Waals surface area (Å²) in [6, 6.07) is 80.1. The van der Waals surface area contributed by atoms with E-state index in [1.165, 1.54) is 64.6 Å². The van der Waals surface area contributed by atoms with E-state index in [1.807, 2.05) is 0 Å². The molecule has 12 aromatic carbocycles.